The van der Waals surface area contributed by atoms with Gasteiger partial charge in [0.05, 0.1) is 19.8 Å². The van der Waals surface area contributed by atoms with Gasteiger partial charge in [0.2, 0.25) is 0 Å². The molecule has 0 heterocycles. The number of carbonyl (C=O) groups excluding carboxylic acids is 1. The second-order valence-electron chi connectivity index (χ2n) is 4.93. The zero-order valence-corrected chi connectivity index (χ0v) is 14.4. The van der Waals surface area contributed by atoms with Gasteiger partial charge in [-0.25, -0.2) is 9.18 Å². The summed E-state index contributed by atoms with van der Waals surface area (Å²) in [4.78, 5) is 12.0. The Morgan fingerprint density at radius 1 is 1.11 bits per heavy atom. The van der Waals surface area contributed by atoms with Crippen molar-refractivity contribution in [2.45, 2.75) is 45.4 Å². The number of esters is 1. The lowest BCUT2D eigenvalue weighted by molar-refractivity contribution is -0.149. The van der Waals surface area contributed by atoms with Gasteiger partial charge in [-0.3, -0.25) is 4.57 Å². The summed E-state index contributed by atoms with van der Waals surface area (Å²) in [7, 11) is -7.10. The van der Waals surface area contributed by atoms with E-state index < -0.39 is 26.7 Å². The van der Waals surface area contributed by atoms with Crippen molar-refractivity contribution in [3.63, 3.8) is 0 Å². The standard InChI is InChI=1S/C11H24FO5PSi/c1-7-15-10(13)11(12,19(4,5)6)18(14,16-8-2)17-9-3/h7-9H2,1-6H3. The van der Waals surface area contributed by atoms with Crippen molar-refractivity contribution < 1.29 is 27.5 Å². The average Bonchev–Trinajstić information content (AvgIpc) is 2.27. The number of rotatable bonds is 8. The molecule has 0 saturated heterocycles. The quantitative estimate of drug-likeness (QED) is 0.390. The fourth-order valence-electron chi connectivity index (χ4n) is 1.61. The Morgan fingerprint density at radius 2 is 1.53 bits per heavy atom. The topological polar surface area (TPSA) is 61.8 Å². The number of ether oxygens (including phenoxy) is 1. The first-order chi connectivity index (χ1) is 8.60. The molecule has 8 heteroatoms. The first kappa shape index (κ1) is 18.8. The molecule has 0 aromatic carbocycles. The molecule has 0 aromatic rings. The Labute approximate surface area is 115 Å². The van der Waals surface area contributed by atoms with Gasteiger partial charge in [0.25, 0.3) is 5.03 Å². The molecular formula is C11H24FO5PSi. The average molecular weight is 314 g/mol. The van der Waals surface area contributed by atoms with Crippen molar-refractivity contribution in [2.24, 2.45) is 0 Å². The van der Waals surface area contributed by atoms with E-state index in [1.54, 1.807) is 40.4 Å². The van der Waals surface area contributed by atoms with Crippen molar-refractivity contribution in [1.29, 1.82) is 0 Å². The van der Waals surface area contributed by atoms with Gasteiger partial charge in [-0.15, -0.1) is 0 Å². The smallest absolute Gasteiger partial charge is 0.375 e. The molecule has 0 aliphatic heterocycles. The molecule has 114 valence electrons. The van der Waals surface area contributed by atoms with Crippen LogP contribution >= 0.6 is 7.60 Å². The normalized spacial score (nSPS) is 15.9. The molecular weight excluding hydrogens is 290 g/mol. The predicted octanol–water partition coefficient (Wildman–Crippen LogP) is 3.36. The van der Waals surface area contributed by atoms with Crippen LogP contribution in [0.1, 0.15) is 20.8 Å². The van der Waals surface area contributed by atoms with Gasteiger partial charge in [-0.1, -0.05) is 19.6 Å². The predicted molar refractivity (Wildman–Crippen MR) is 74.7 cm³/mol. The number of alkyl halides is 1. The van der Waals surface area contributed by atoms with Crippen LogP contribution in [-0.2, 0) is 23.1 Å². The van der Waals surface area contributed by atoms with E-state index in [9.17, 15) is 9.36 Å². The van der Waals surface area contributed by atoms with Gasteiger partial charge in [-0.05, 0) is 20.8 Å². The molecule has 0 fully saturated rings. The highest BCUT2D eigenvalue weighted by molar-refractivity contribution is 7.60. The van der Waals surface area contributed by atoms with Gasteiger partial charge in [0.1, 0.15) is 8.07 Å². The van der Waals surface area contributed by atoms with E-state index in [1.807, 2.05) is 0 Å². The van der Waals surface area contributed by atoms with Gasteiger partial charge < -0.3 is 13.8 Å². The summed E-state index contributed by atoms with van der Waals surface area (Å²) in [6.45, 7) is 9.47. The largest absolute Gasteiger partial charge is 0.463 e. The zero-order valence-electron chi connectivity index (χ0n) is 12.5. The Morgan fingerprint density at radius 3 is 1.79 bits per heavy atom. The molecule has 0 aliphatic carbocycles. The van der Waals surface area contributed by atoms with E-state index in [4.69, 9.17) is 13.8 Å². The van der Waals surface area contributed by atoms with Crippen molar-refractivity contribution >= 4 is 21.6 Å². The lowest BCUT2D eigenvalue weighted by atomic mass is 10.7. The summed E-state index contributed by atoms with van der Waals surface area (Å²) in [5.41, 5.74) is 0. The molecule has 0 aromatic heterocycles. The van der Waals surface area contributed by atoms with Crippen molar-refractivity contribution in [3.05, 3.63) is 0 Å². The Hall–Kier alpha value is -0.233. The minimum absolute atomic E-state index is 0.00711. The van der Waals surface area contributed by atoms with E-state index in [0.29, 0.717) is 0 Å². The van der Waals surface area contributed by atoms with E-state index in [-0.39, 0.29) is 19.8 Å². The van der Waals surface area contributed by atoms with Crippen LogP contribution in [0.4, 0.5) is 4.39 Å². The fraction of sp³-hybridized carbons (Fsp3) is 0.909. The summed E-state index contributed by atoms with van der Waals surface area (Å²) in [5.74, 6) is -1.15. The Kier molecular flexibility index (Phi) is 6.89. The highest BCUT2D eigenvalue weighted by Crippen LogP contribution is 2.64. The van der Waals surface area contributed by atoms with E-state index in [1.165, 1.54) is 0 Å². The molecule has 0 saturated carbocycles. The summed E-state index contributed by atoms with van der Waals surface area (Å²) in [6.07, 6.45) is 0. The Balaban J connectivity index is 5.81. The highest BCUT2D eigenvalue weighted by Gasteiger charge is 2.67. The zero-order chi connectivity index (χ0) is 15.3. The molecule has 0 spiro atoms. The van der Waals surface area contributed by atoms with Crippen LogP contribution in [-0.4, -0.2) is 38.9 Å². The maximum Gasteiger partial charge on any atom is 0.375 e. The molecule has 5 nitrogen and oxygen atoms in total. The molecule has 0 aliphatic rings. The van der Waals surface area contributed by atoms with Gasteiger partial charge in [-0.2, -0.15) is 0 Å². The molecule has 19 heavy (non-hydrogen) atoms. The summed E-state index contributed by atoms with van der Waals surface area (Å²) >= 11 is 0. The van der Waals surface area contributed by atoms with Crippen LogP contribution in [0.3, 0.4) is 0 Å². The van der Waals surface area contributed by atoms with Crippen molar-refractivity contribution in [3.8, 4) is 0 Å². The summed E-state index contributed by atoms with van der Waals surface area (Å²) in [5, 5.41) is -2.71. The van der Waals surface area contributed by atoms with Crippen LogP contribution in [0.5, 0.6) is 0 Å². The van der Waals surface area contributed by atoms with Crippen molar-refractivity contribution in [1.82, 2.24) is 0 Å². The molecule has 0 amide bonds. The third-order valence-electron chi connectivity index (χ3n) is 2.52. The van der Waals surface area contributed by atoms with E-state index in [0.717, 1.165) is 0 Å². The van der Waals surface area contributed by atoms with E-state index in [2.05, 4.69) is 0 Å². The van der Waals surface area contributed by atoms with Gasteiger partial charge >= 0.3 is 13.6 Å². The Bertz CT molecular complexity index is 347. The molecule has 0 bridgehead atoms. The number of carbonyl (C=O) groups is 1. The minimum Gasteiger partial charge on any atom is -0.463 e. The van der Waals surface area contributed by atoms with Gasteiger partial charge in [0, 0.05) is 0 Å². The van der Waals surface area contributed by atoms with Crippen LogP contribution in [0.25, 0.3) is 0 Å². The number of halogens is 1. The number of hydrogen-bond donors (Lipinski definition) is 0. The maximum atomic E-state index is 15.4. The first-order valence-corrected chi connectivity index (χ1v) is 11.4. The molecule has 0 radical (unpaired) electrons. The third kappa shape index (κ3) is 3.65. The fourth-order valence-corrected chi connectivity index (χ4v) is 7.37. The summed E-state index contributed by atoms with van der Waals surface area (Å²) < 4.78 is 42.9. The SMILES string of the molecule is CCOC(=O)C(F)([Si](C)(C)C)P(=O)(OCC)OCC. The highest BCUT2D eigenvalue weighted by atomic mass is 31.2. The monoisotopic (exact) mass is 314 g/mol. The summed E-state index contributed by atoms with van der Waals surface area (Å²) in [6, 6.07) is 0. The molecule has 0 rings (SSSR count). The maximum absolute atomic E-state index is 15.4. The lowest BCUT2D eigenvalue weighted by Crippen LogP contribution is -2.55. The molecule has 0 N–H and O–H groups in total. The first-order valence-electron chi connectivity index (χ1n) is 6.36. The third-order valence-corrected chi connectivity index (χ3v) is 9.67. The second kappa shape index (κ2) is 6.97. The second-order valence-corrected chi connectivity index (χ2v) is 12.7. The van der Waals surface area contributed by atoms with Gasteiger partial charge in [0.15, 0.2) is 0 Å². The lowest BCUT2D eigenvalue weighted by Gasteiger charge is -2.37. The number of hydrogen-bond acceptors (Lipinski definition) is 5. The van der Waals surface area contributed by atoms with Crippen LogP contribution in [0.15, 0.2) is 0 Å². The minimum atomic E-state index is -4.23. The van der Waals surface area contributed by atoms with Crippen LogP contribution in [0.2, 0.25) is 19.6 Å². The molecule has 1 unspecified atom stereocenters. The van der Waals surface area contributed by atoms with Crippen LogP contribution < -0.4 is 0 Å². The van der Waals surface area contributed by atoms with Crippen molar-refractivity contribution in [2.75, 3.05) is 19.8 Å². The van der Waals surface area contributed by atoms with Crippen LogP contribution in [0, 0.1) is 0 Å². The molecule has 1 atom stereocenters. The van der Waals surface area contributed by atoms with E-state index >= 15 is 4.39 Å².